The highest BCUT2D eigenvalue weighted by Gasteiger charge is 2.51. The molecule has 2 aliphatic rings. The molecule has 1 aromatic carbocycles. The second-order valence-corrected chi connectivity index (χ2v) is 5.50. The van der Waals surface area contributed by atoms with Gasteiger partial charge in [0.15, 0.2) is 0 Å². The molecule has 1 aliphatic heterocycles. The summed E-state index contributed by atoms with van der Waals surface area (Å²) in [5.41, 5.74) is 1.84. The number of hydrogen-bond acceptors (Lipinski definition) is 5. The molecule has 1 aliphatic carbocycles. The number of H-pyrrole nitrogens is 1. The topological polar surface area (TPSA) is 88.2 Å². The molecule has 1 aromatic heterocycles. The summed E-state index contributed by atoms with van der Waals surface area (Å²) in [5, 5.41) is 10.5. The van der Waals surface area contributed by atoms with Crippen molar-refractivity contribution in [3.05, 3.63) is 30.4 Å². The van der Waals surface area contributed by atoms with Crippen LogP contribution in [-0.4, -0.2) is 40.4 Å². The molecule has 1 saturated heterocycles. The fourth-order valence-electron chi connectivity index (χ4n) is 3.29. The summed E-state index contributed by atoms with van der Waals surface area (Å²) >= 11 is 0. The number of carbonyl (C=O) groups is 2. The molecule has 7 heteroatoms. The molecule has 1 N–H and O–H groups in total. The van der Waals surface area contributed by atoms with Crippen molar-refractivity contribution in [2.45, 2.75) is 12.5 Å². The van der Waals surface area contributed by atoms with Gasteiger partial charge >= 0.3 is 0 Å². The number of nitrogens with zero attached hydrogens (tertiary/aromatic N) is 3. The van der Waals surface area contributed by atoms with Crippen LogP contribution in [0, 0.1) is 11.8 Å². The molecule has 0 spiro atoms. The summed E-state index contributed by atoms with van der Waals surface area (Å²) in [6.45, 7) is 0. The Morgan fingerprint density at radius 3 is 2.86 bits per heavy atom. The molecule has 2 heterocycles. The lowest BCUT2D eigenvalue weighted by Crippen LogP contribution is -2.35. The van der Waals surface area contributed by atoms with Crippen LogP contribution in [0.5, 0.6) is 0 Å². The van der Waals surface area contributed by atoms with Crippen LogP contribution in [0.1, 0.15) is 6.42 Å². The fourth-order valence-corrected chi connectivity index (χ4v) is 3.29. The molecule has 0 saturated carbocycles. The zero-order valence-electron chi connectivity index (χ0n) is 11.9. The largest absolute Gasteiger partial charge is 0.377 e. The molecule has 0 bridgehead atoms. The number of benzene rings is 1. The molecule has 7 nitrogen and oxygen atoms in total. The minimum absolute atomic E-state index is 0.177. The Labute approximate surface area is 125 Å². The van der Waals surface area contributed by atoms with Crippen molar-refractivity contribution in [3.8, 4) is 0 Å². The lowest BCUT2D eigenvalue weighted by Gasteiger charge is -2.24. The number of fused-ring (bicyclic) bond motifs is 2. The molecule has 3 unspecified atom stereocenters. The van der Waals surface area contributed by atoms with Crippen LogP contribution in [0.4, 0.5) is 5.69 Å². The van der Waals surface area contributed by atoms with Gasteiger partial charge < -0.3 is 4.74 Å². The summed E-state index contributed by atoms with van der Waals surface area (Å²) in [6.07, 6.45) is 3.98. The highest BCUT2D eigenvalue weighted by atomic mass is 16.5. The number of amides is 2. The first kappa shape index (κ1) is 13.1. The second-order valence-electron chi connectivity index (χ2n) is 5.50. The number of rotatable bonds is 2. The summed E-state index contributed by atoms with van der Waals surface area (Å²) < 4.78 is 5.35. The predicted octanol–water partition coefficient (Wildman–Crippen LogP) is 1.04. The monoisotopic (exact) mass is 298 g/mol. The standard InChI is InChI=1S/C15H14N4O3/c1-22-12-4-2-3-9-13(12)15(21)19(14(9)20)8-5-6-10-11(7-8)17-18-16-10/h2,4-7,9,12-13H,3H2,1H3,(H,16,17,18). The minimum atomic E-state index is -0.449. The van der Waals surface area contributed by atoms with Crippen molar-refractivity contribution in [2.24, 2.45) is 11.8 Å². The Morgan fingerprint density at radius 1 is 1.23 bits per heavy atom. The zero-order chi connectivity index (χ0) is 15.3. The van der Waals surface area contributed by atoms with E-state index in [2.05, 4.69) is 15.4 Å². The number of imide groups is 1. The van der Waals surface area contributed by atoms with E-state index in [0.717, 1.165) is 0 Å². The normalized spacial score (nSPS) is 27.7. The minimum Gasteiger partial charge on any atom is -0.377 e. The zero-order valence-corrected chi connectivity index (χ0v) is 11.9. The van der Waals surface area contributed by atoms with E-state index < -0.39 is 5.92 Å². The average Bonchev–Trinajstić information content (AvgIpc) is 3.10. The molecule has 2 amide bonds. The third kappa shape index (κ3) is 1.72. The molecule has 2 aromatic rings. The summed E-state index contributed by atoms with van der Waals surface area (Å²) in [4.78, 5) is 26.7. The first-order valence-corrected chi connectivity index (χ1v) is 7.08. The number of aromatic nitrogens is 3. The van der Waals surface area contributed by atoms with Gasteiger partial charge in [-0.25, -0.2) is 4.90 Å². The van der Waals surface area contributed by atoms with Crippen LogP contribution in [0.25, 0.3) is 11.0 Å². The van der Waals surface area contributed by atoms with E-state index in [1.165, 1.54) is 4.90 Å². The number of carbonyl (C=O) groups excluding carboxylic acids is 2. The number of ether oxygens (including phenoxy) is 1. The van der Waals surface area contributed by atoms with Crippen LogP contribution in [-0.2, 0) is 14.3 Å². The van der Waals surface area contributed by atoms with Crippen molar-refractivity contribution >= 4 is 28.5 Å². The third-order valence-electron chi connectivity index (χ3n) is 4.38. The highest BCUT2D eigenvalue weighted by Crippen LogP contribution is 2.39. The highest BCUT2D eigenvalue weighted by molar-refractivity contribution is 6.22. The van der Waals surface area contributed by atoms with Gasteiger partial charge in [-0.2, -0.15) is 15.4 Å². The van der Waals surface area contributed by atoms with Gasteiger partial charge in [0, 0.05) is 7.11 Å². The fraction of sp³-hybridized carbons (Fsp3) is 0.333. The Morgan fingerprint density at radius 2 is 2.05 bits per heavy atom. The van der Waals surface area contributed by atoms with E-state index in [4.69, 9.17) is 4.74 Å². The quantitative estimate of drug-likeness (QED) is 0.661. The first-order chi connectivity index (χ1) is 10.7. The molecule has 3 atom stereocenters. The van der Waals surface area contributed by atoms with Gasteiger partial charge in [0.05, 0.1) is 23.6 Å². The number of allylic oxidation sites excluding steroid dienone is 1. The predicted molar refractivity (Wildman–Crippen MR) is 77.9 cm³/mol. The number of hydrogen-bond donors (Lipinski definition) is 1. The van der Waals surface area contributed by atoms with Crippen molar-refractivity contribution in [3.63, 3.8) is 0 Å². The van der Waals surface area contributed by atoms with Gasteiger partial charge in [-0.15, -0.1) is 0 Å². The Hall–Kier alpha value is -2.54. The van der Waals surface area contributed by atoms with Gasteiger partial charge in [0.1, 0.15) is 11.0 Å². The van der Waals surface area contributed by atoms with Crippen molar-refractivity contribution in [1.29, 1.82) is 0 Å². The maximum atomic E-state index is 12.7. The summed E-state index contributed by atoms with van der Waals surface area (Å²) in [7, 11) is 1.55. The second kappa shape index (κ2) is 4.74. The average molecular weight is 298 g/mol. The summed E-state index contributed by atoms with van der Waals surface area (Å²) in [6, 6.07) is 5.15. The van der Waals surface area contributed by atoms with E-state index >= 15 is 0 Å². The van der Waals surface area contributed by atoms with Gasteiger partial charge in [-0.3, -0.25) is 9.59 Å². The molecule has 0 radical (unpaired) electrons. The third-order valence-corrected chi connectivity index (χ3v) is 4.38. The van der Waals surface area contributed by atoms with Crippen LogP contribution >= 0.6 is 0 Å². The molecule has 22 heavy (non-hydrogen) atoms. The van der Waals surface area contributed by atoms with Crippen LogP contribution in [0.2, 0.25) is 0 Å². The van der Waals surface area contributed by atoms with Gasteiger partial charge in [0.25, 0.3) is 0 Å². The van der Waals surface area contributed by atoms with Crippen molar-refractivity contribution in [1.82, 2.24) is 15.4 Å². The lowest BCUT2D eigenvalue weighted by atomic mass is 9.83. The number of nitrogens with one attached hydrogen (secondary N) is 1. The van der Waals surface area contributed by atoms with Gasteiger partial charge in [-0.1, -0.05) is 12.2 Å². The maximum absolute atomic E-state index is 12.7. The lowest BCUT2D eigenvalue weighted by molar-refractivity contribution is -0.124. The number of anilines is 1. The number of methoxy groups -OCH3 is 1. The summed E-state index contributed by atoms with van der Waals surface area (Å²) in [5.74, 6) is -1.19. The van der Waals surface area contributed by atoms with Crippen LogP contribution in [0.3, 0.4) is 0 Å². The Balaban J connectivity index is 1.76. The van der Waals surface area contributed by atoms with Gasteiger partial charge in [-0.05, 0) is 24.6 Å². The van der Waals surface area contributed by atoms with E-state index in [1.54, 1.807) is 25.3 Å². The van der Waals surface area contributed by atoms with E-state index in [0.29, 0.717) is 23.1 Å². The van der Waals surface area contributed by atoms with E-state index in [9.17, 15) is 9.59 Å². The van der Waals surface area contributed by atoms with Crippen molar-refractivity contribution in [2.75, 3.05) is 12.0 Å². The van der Waals surface area contributed by atoms with Crippen molar-refractivity contribution < 1.29 is 14.3 Å². The first-order valence-electron chi connectivity index (χ1n) is 7.08. The van der Waals surface area contributed by atoms with E-state index in [1.807, 2.05) is 12.2 Å². The molecule has 1 fully saturated rings. The molecular formula is C15H14N4O3. The molecular weight excluding hydrogens is 284 g/mol. The van der Waals surface area contributed by atoms with E-state index in [-0.39, 0.29) is 23.8 Å². The molecule has 4 rings (SSSR count). The van der Waals surface area contributed by atoms with Gasteiger partial charge in [0.2, 0.25) is 11.8 Å². The maximum Gasteiger partial charge on any atom is 0.240 e. The smallest absolute Gasteiger partial charge is 0.240 e. The Bertz CT molecular complexity index is 797. The van der Waals surface area contributed by atoms with Crippen LogP contribution < -0.4 is 4.90 Å². The number of aromatic amines is 1. The SMILES string of the molecule is COC1C=CCC2C(=O)N(c3ccc4n[nH]nc4c3)C(=O)C12. The molecule has 112 valence electrons. The van der Waals surface area contributed by atoms with Crippen LogP contribution in [0.15, 0.2) is 30.4 Å². The Kier molecular flexibility index (Phi) is 2.83.